The standard InChI is InChI=1S/C8H12O6/c9-1-2-6(10)3-4(7(11)12)5(3)8(13)14-2/h2-6,8-10,13H,1H2,(H,11,12)/t2-,3-,4-,5-,6-,8+/m1/s1. The lowest BCUT2D eigenvalue weighted by atomic mass is 10.0. The molecule has 0 aromatic carbocycles. The van der Waals surface area contributed by atoms with E-state index in [1.807, 2.05) is 0 Å². The van der Waals surface area contributed by atoms with Crippen molar-refractivity contribution in [2.24, 2.45) is 17.8 Å². The Bertz CT molecular complexity index is 254. The molecule has 0 aromatic rings. The van der Waals surface area contributed by atoms with Crippen LogP contribution in [0.5, 0.6) is 0 Å². The van der Waals surface area contributed by atoms with Crippen LogP contribution in [0, 0.1) is 17.8 Å². The van der Waals surface area contributed by atoms with E-state index in [2.05, 4.69) is 0 Å². The molecule has 6 nitrogen and oxygen atoms in total. The Kier molecular flexibility index (Phi) is 2.23. The Morgan fingerprint density at radius 3 is 2.43 bits per heavy atom. The molecule has 6 heteroatoms. The second-order valence-corrected chi connectivity index (χ2v) is 3.76. The van der Waals surface area contributed by atoms with Crippen LogP contribution >= 0.6 is 0 Å². The van der Waals surface area contributed by atoms with Crippen molar-refractivity contribution >= 4 is 5.97 Å². The summed E-state index contributed by atoms with van der Waals surface area (Å²) in [6, 6.07) is 0. The van der Waals surface area contributed by atoms with Crippen LogP contribution in [0.25, 0.3) is 0 Å². The first-order valence-electron chi connectivity index (χ1n) is 4.43. The minimum absolute atomic E-state index is 0.423. The van der Waals surface area contributed by atoms with Gasteiger partial charge in [-0.2, -0.15) is 0 Å². The van der Waals surface area contributed by atoms with E-state index in [-0.39, 0.29) is 0 Å². The number of hydrogen-bond donors (Lipinski definition) is 4. The Balaban J connectivity index is 2.12. The van der Waals surface area contributed by atoms with Crippen LogP contribution in [0.4, 0.5) is 0 Å². The van der Waals surface area contributed by atoms with Crippen LogP contribution in [0.2, 0.25) is 0 Å². The zero-order valence-electron chi connectivity index (χ0n) is 7.28. The van der Waals surface area contributed by atoms with Crippen molar-refractivity contribution < 1.29 is 30.0 Å². The summed E-state index contributed by atoms with van der Waals surface area (Å²) in [4.78, 5) is 10.7. The van der Waals surface area contributed by atoms with Gasteiger partial charge in [0.1, 0.15) is 6.10 Å². The summed E-state index contributed by atoms with van der Waals surface area (Å²) in [5.74, 6) is -2.82. The van der Waals surface area contributed by atoms with Crippen molar-refractivity contribution in [3.05, 3.63) is 0 Å². The minimum Gasteiger partial charge on any atom is -0.481 e. The van der Waals surface area contributed by atoms with Gasteiger partial charge in [0.05, 0.1) is 18.6 Å². The van der Waals surface area contributed by atoms with Crippen molar-refractivity contribution in [1.82, 2.24) is 0 Å². The largest absolute Gasteiger partial charge is 0.481 e. The fourth-order valence-corrected chi connectivity index (χ4v) is 2.25. The zero-order valence-corrected chi connectivity index (χ0v) is 7.28. The molecule has 1 saturated heterocycles. The molecule has 4 N–H and O–H groups in total. The molecule has 2 aliphatic rings. The predicted molar refractivity (Wildman–Crippen MR) is 42.1 cm³/mol. The maximum absolute atomic E-state index is 10.7. The third kappa shape index (κ3) is 1.23. The average molecular weight is 204 g/mol. The highest BCUT2D eigenvalue weighted by atomic mass is 16.6. The molecular weight excluding hydrogens is 192 g/mol. The average Bonchev–Trinajstić information content (AvgIpc) is 2.86. The number of carboxylic acid groups (broad SMARTS) is 1. The summed E-state index contributed by atoms with van der Waals surface area (Å²) in [7, 11) is 0. The highest BCUT2D eigenvalue weighted by Gasteiger charge is 2.66. The summed E-state index contributed by atoms with van der Waals surface area (Å²) in [5, 5.41) is 36.4. The molecule has 1 aliphatic heterocycles. The van der Waals surface area contributed by atoms with Crippen LogP contribution in [-0.2, 0) is 9.53 Å². The van der Waals surface area contributed by atoms with E-state index in [0.717, 1.165) is 0 Å². The second-order valence-electron chi connectivity index (χ2n) is 3.76. The smallest absolute Gasteiger partial charge is 0.307 e. The number of ether oxygens (including phenoxy) is 1. The van der Waals surface area contributed by atoms with Gasteiger partial charge in [-0.05, 0) is 0 Å². The van der Waals surface area contributed by atoms with Gasteiger partial charge in [-0.15, -0.1) is 0 Å². The van der Waals surface area contributed by atoms with E-state index in [9.17, 15) is 15.0 Å². The number of rotatable bonds is 2. The molecule has 0 bridgehead atoms. The normalized spacial score (nSPS) is 51.1. The molecule has 80 valence electrons. The number of hydrogen-bond acceptors (Lipinski definition) is 5. The minimum atomic E-state index is -1.19. The van der Waals surface area contributed by atoms with E-state index in [4.69, 9.17) is 14.9 Å². The van der Waals surface area contributed by atoms with Crippen molar-refractivity contribution in [3.63, 3.8) is 0 Å². The molecule has 1 aliphatic carbocycles. The Hall–Kier alpha value is -0.690. The summed E-state index contributed by atoms with van der Waals surface area (Å²) in [6.07, 6.45) is -3.08. The van der Waals surface area contributed by atoms with Gasteiger partial charge in [0.2, 0.25) is 0 Å². The topological polar surface area (TPSA) is 107 Å². The Labute approximate surface area is 79.7 Å². The second kappa shape index (κ2) is 3.16. The number of aliphatic carboxylic acids is 1. The molecule has 0 unspecified atom stereocenters. The van der Waals surface area contributed by atoms with E-state index >= 15 is 0 Å². The van der Waals surface area contributed by atoms with Crippen molar-refractivity contribution in [2.75, 3.05) is 6.61 Å². The molecule has 14 heavy (non-hydrogen) atoms. The predicted octanol–water partition coefficient (Wildman–Crippen LogP) is -2.00. The third-order valence-corrected chi connectivity index (χ3v) is 3.02. The Morgan fingerprint density at radius 2 is 1.93 bits per heavy atom. The van der Waals surface area contributed by atoms with Gasteiger partial charge >= 0.3 is 5.97 Å². The number of aliphatic hydroxyl groups excluding tert-OH is 3. The van der Waals surface area contributed by atoms with Crippen molar-refractivity contribution in [2.45, 2.75) is 18.5 Å². The maximum atomic E-state index is 10.7. The highest BCUT2D eigenvalue weighted by Crippen LogP contribution is 2.54. The van der Waals surface area contributed by atoms with Gasteiger partial charge in [0.25, 0.3) is 0 Å². The fraction of sp³-hybridized carbons (Fsp3) is 0.875. The monoisotopic (exact) mass is 204 g/mol. The van der Waals surface area contributed by atoms with E-state index in [1.165, 1.54) is 0 Å². The molecular formula is C8H12O6. The lowest BCUT2D eigenvalue weighted by molar-refractivity contribution is -0.214. The van der Waals surface area contributed by atoms with Crippen LogP contribution in [0.1, 0.15) is 0 Å². The lowest BCUT2D eigenvalue weighted by Gasteiger charge is -2.29. The summed E-state index contributed by atoms with van der Waals surface area (Å²) in [6.45, 7) is -0.423. The number of carboxylic acids is 1. The first-order valence-corrected chi connectivity index (χ1v) is 4.43. The van der Waals surface area contributed by atoms with Gasteiger partial charge in [-0.3, -0.25) is 4.79 Å². The fourth-order valence-electron chi connectivity index (χ4n) is 2.25. The maximum Gasteiger partial charge on any atom is 0.307 e. The first kappa shape index (κ1) is 9.85. The molecule has 1 saturated carbocycles. The van der Waals surface area contributed by atoms with Crippen LogP contribution in [0.3, 0.4) is 0 Å². The third-order valence-electron chi connectivity index (χ3n) is 3.02. The van der Waals surface area contributed by atoms with Gasteiger partial charge in [-0.1, -0.05) is 0 Å². The molecule has 2 fully saturated rings. The Morgan fingerprint density at radius 1 is 1.29 bits per heavy atom. The summed E-state index contributed by atoms with van der Waals surface area (Å²) < 4.78 is 4.87. The number of carbonyl (C=O) groups is 1. The van der Waals surface area contributed by atoms with E-state index in [1.54, 1.807) is 0 Å². The quantitative estimate of drug-likeness (QED) is 0.414. The number of fused-ring (bicyclic) bond motifs is 1. The van der Waals surface area contributed by atoms with Crippen LogP contribution < -0.4 is 0 Å². The molecule has 0 aromatic heterocycles. The molecule has 1 heterocycles. The van der Waals surface area contributed by atoms with Gasteiger partial charge in [-0.25, -0.2) is 0 Å². The van der Waals surface area contributed by atoms with E-state index in [0.29, 0.717) is 0 Å². The molecule has 0 radical (unpaired) electrons. The van der Waals surface area contributed by atoms with Gasteiger partial charge in [0.15, 0.2) is 6.29 Å². The van der Waals surface area contributed by atoms with Gasteiger partial charge in [0, 0.05) is 11.8 Å². The first-order chi connectivity index (χ1) is 6.57. The van der Waals surface area contributed by atoms with Crippen LogP contribution in [-0.4, -0.2) is 51.5 Å². The summed E-state index contributed by atoms with van der Waals surface area (Å²) >= 11 is 0. The molecule has 0 amide bonds. The molecule has 2 rings (SSSR count). The SMILES string of the molecule is O=C(O)[C@@H]1[C@H]2[C@H](O)[C@@H](CO)O[C@H](O)[C@@H]12. The molecule has 6 atom stereocenters. The van der Waals surface area contributed by atoms with Crippen LogP contribution in [0.15, 0.2) is 0 Å². The lowest BCUT2D eigenvalue weighted by Crippen LogP contribution is -2.43. The number of aliphatic hydroxyl groups is 3. The van der Waals surface area contributed by atoms with Gasteiger partial charge < -0.3 is 25.2 Å². The summed E-state index contributed by atoms with van der Waals surface area (Å²) in [5.41, 5.74) is 0. The molecule has 0 spiro atoms. The van der Waals surface area contributed by atoms with E-state index < -0.39 is 48.8 Å². The highest BCUT2D eigenvalue weighted by molar-refractivity contribution is 5.74. The van der Waals surface area contributed by atoms with Crippen molar-refractivity contribution in [1.29, 1.82) is 0 Å². The van der Waals surface area contributed by atoms with Crippen molar-refractivity contribution in [3.8, 4) is 0 Å². The zero-order chi connectivity index (χ0) is 10.5.